The molecule has 0 heterocycles. The lowest BCUT2D eigenvalue weighted by Gasteiger charge is -2.22. The number of hydrogen-bond acceptors (Lipinski definition) is 2. The highest BCUT2D eigenvalue weighted by Crippen LogP contribution is 2.45. The first-order valence-electron chi connectivity index (χ1n) is 16.8. The Balaban J connectivity index is 0.000000204. The van der Waals surface area contributed by atoms with E-state index in [4.69, 9.17) is 4.52 Å². The molecule has 4 aromatic carbocycles. The fourth-order valence-electron chi connectivity index (χ4n) is 6.70. The quantitative estimate of drug-likeness (QED) is 0.133. The zero-order valence-corrected chi connectivity index (χ0v) is 27.2. The normalized spacial score (nSPS) is 16.1. The number of rotatable bonds is 10. The van der Waals surface area contributed by atoms with E-state index in [1.165, 1.54) is 75.3 Å². The number of aryl methyl sites for hydroxylation is 1. The van der Waals surface area contributed by atoms with Gasteiger partial charge in [-0.15, -0.1) is 6.58 Å². The van der Waals surface area contributed by atoms with E-state index in [0.717, 1.165) is 34.9 Å². The molecule has 0 bridgehead atoms. The van der Waals surface area contributed by atoms with Crippen molar-refractivity contribution in [3.05, 3.63) is 144 Å². The van der Waals surface area contributed by atoms with Gasteiger partial charge in [0.05, 0.1) is 6.61 Å². The molecular weight excluding hydrogens is 555 g/mol. The topological polar surface area (TPSA) is 26.3 Å². The molecule has 2 saturated carbocycles. The highest BCUT2D eigenvalue weighted by Gasteiger charge is 2.28. The minimum Gasteiger partial charge on any atom is -0.317 e. The lowest BCUT2D eigenvalue weighted by Crippen LogP contribution is -2.18. The van der Waals surface area contributed by atoms with Crippen LogP contribution in [0.5, 0.6) is 0 Å². The van der Waals surface area contributed by atoms with Crippen LogP contribution in [-0.4, -0.2) is 0 Å². The van der Waals surface area contributed by atoms with Gasteiger partial charge in [0, 0.05) is 10.6 Å². The highest BCUT2D eigenvalue weighted by molar-refractivity contribution is 7.74. The van der Waals surface area contributed by atoms with Gasteiger partial charge in [0.25, 0.3) is 7.37 Å². The van der Waals surface area contributed by atoms with Gasteiger partial charge in [-0.25, -0.2) is 0 Å². The molecule has 230 valence electrons. The second-order valence-corrected chi connectivity index (χ2v) is 14.9. The molecule has 0 spiro atoms. The molecule has 2 fully saturated rings. The summed E-state index contributed by atoms with van der Waals surface area (Å²) in [4.78, 5) is 0. The maximum Gasteiger partial charge on any atom is 0.261 e. The molecule has 0 aliphatic heterocycles. The Labute approximate surface area is 266 Å². The zero-order chi connectivity index (χ0) is 30.5. The van der Waals surface area contributed by atoms with Crippen molar-refractivity contribution in [1.82, 2.24) is 0 Å². The molecule has 0 radical (unpaired) electrons. The van der Waals surface area contributed by atoms with E-state index in [1.807, 2.05) is 66.7 Å². The fourth-order valence-corrected chi connectivity index (χ4v) is 8.75. The molecule has 2 nitrogen and oxygen atoms in total. The van der Waals surface area contributed by atoms with Crippen LogP contribution in [0.4, 0.5) is 0 Å². The molecule has 2 aliphatic rings. The average Bonchev–Trinajstić information content (AvgIpc) is 3.12. The minimum atomic E-state index is -3.13. The maximum atomic E-state index is 13.9. The summed E-state index contributed by atoms with van der Waals surface area (Å²) >= 11 is 0. The van der Waals surface area contributed by atoms with E-state index in [9.17, 15) is 4.57 Å². The van der Waals surface area contributed by atoms with Gasteiger partial charge in [0.1, 0.15) is 0 Å². The first-order valence-corrected chi connectivity index (χ1v) is 18.4. The Morgan fingerprint density at radius 1 is 0.591 bits per heavy atom. The van der Waals surface area contributed by atoms with Gasteiger partial charge >= 0.3 is 0 Å². The summed E-state index contributed by atoms with van der Waals surface area (Å²) in [5.41, 5.74) is 5.49. The van der Waals surface area contributed by atoms with Gasteiger partial charge in [-0.2, -0.15) is 0 Å². The predicted octanol–water partition coefficient (Wildman–Crippen LogP) is 11.0. The third kappa shape index (κ3) is 8.93. The standard InChI is InChI=1S/C25H27O2P.C16H22/c26-28(24-12-6-2-7-13-24,25-14-8-3-9-15-25)27-20-21-16-18-23(19-17-21)22-10-4-1-5-11-22;1-2-3-7-14-10-12-16(13-11-14)15-8-5-4-6-9-15/h2-3,6-9,12-19,22H,1,4-5,10-11,20H2;2,10-13,15H,1,3-9H2. The number of benzene rings is 4. The van der Waals surface area contributed by atoms with Gasteiger partial charge in [0.2, 0.25) is 0 Å². The molecule has 0 atom stereocenters. The lowest BCUT2D eigenvalue weighted by atomic mass is 9.84. The van der Waals surface area contributed by atoms with Crippen LogP contribution in [0.15, 0.2) is 122 Å². The van der Waals surface area contributed by atoms with Crippen LogP contribution in [0.25, 0.3) is 0 Å². The van der Waals surface area contributed by atoms with Crippen molar-refractivity contribution in [2.75, 3.05) is 0 Å². The van der Waals surface area contributed by atoms with Crippen molar-refractivity contribution in [2.45, 2.75) is 95.5 Å². The summed E-state index contributed by atoms with van der Waals surface area (Å²) < 4.78 is 20.0. The molecule has 0 unspecified atom stereocenters. The fraction of sp³-hybridized carbons (Fsp3) is 0.366. The molecule has 0 aromatic heterocycles. The van der Waals surface area contributed by atoms with Crippen molar-refractivity contribution in [3.63, 3.8) is 0 Å². The summed E-state index contributed by atoms with van der Waals surface area (Å²) in [6.45, 7) is 4.11. The Bertz CT molecular complexity index is 1390. The first kappa shape index (κ1) is 32.2. The molecular formula is C41H49O2P. The number of hydrogen-bond donors (Lipinski definition) is 0. The van der Waals surface area contributed by atoms with Gasteiger partial charge in [-0.1, -0.05) is 130 Å². The first-order chi connectivity index (χ1) is 21.7. The smallest absolute Gasteiger partial charge is 0.261 e. The van der Waals surface area contributed by atoms with Crippen LogP contribution in [0.2, 0.25) is 0 Å². The van der Waals surface area contributed by atoms with Crippen molar-refractivity contribution in [1.29, 1.82) is 0 Å². The molecule has 4 aromatic rings. The Morgan fingerprint density at radius 3 is 1.45 bits per heavy atom. The predicted molar refractivity (Wildman–Crippen MR) is 188 cm³/mol. The third-order valence-corrected chi connectivity index (χ3v) is 11.8. The second kappa shape index (κ2) is 16.8. The Morgan fingerprint density at radius 2 is 1.02 bits per heavy atom. The monoisotopic (exact) mass is 604 g/mol. The van der Waals surface area contributed by atoms with Crippen molar-refractivity contribution < 1.29 is 9.09 Å². The molecule has 0 saturated heterocycles. The van der Waals surface area contributed by atoms with Crippen molar-refractivity contribution >= 4 is 18.0 Å². The van der Waals surface area contributed by atoms with Crippen LogP contribution >= 0.6 is 7.37 Å². The van der Waals surface area contributed by atoms with Crippen LogP contribution < -0.4 is 10.6 Å². The van der Waals surface area contributed by atoms with Gasteiger partial charge in [-0.05, 0) is 96.9 Å². The third-order valence-electron chi connectivity index (χ3n) is 9.35. The van der Waals surface area contributed by atoms with Crippen LogP contribution in [0.3, 0.4) is 0 Å². The Hall–Kier alpha value is -3.19. The minimum absolute atomic E-state index is 0.339. The highest BCUT2D eigenvalue weighted by atomic mass is 31.2. The summed E-state index contributed by atoms with van der Waals surface area (Å²) in [5, 5.41) is 1.47. The summed E-state index contributed by atoms with van der Waals surface area (Å²) in [6.07, 6.45) is 17.9. The van der Waals surface area contributed by atoms with E-state index >= 15 is 0 Å². The van der Waals surface area contributed by atoms with Crippen LogP contribution in [0, 0.1) is 0 Å². The molecule has 6 rings (SSSR count). The van der Waals surface area contributed by atoms with Crippen molar-refractivity contribution in [3.8, 4) is 0 Å². The molecule has 0 N–H and O–H groups in total. The summed E-state index contributed by atoms with van der Waals surface area (Å²) in [6, 6.07) is 37.1. The molecule has 44 heavy (non-hydrogen) atoms. The maximum absolute atomic E-state index is 13.9. The second-order valence-electron chi connectivity index (χ2n) is 12.5. The lowest BCUT2D eigenvalue weighted by molar-refractivity contribution is 0.316. The van der Waals surface area contributed by atoms with Crippen molar-refractivity contribution in [2.24, 2.45) is 0 Å². The summed E-state index contributed by atoms with van der Waals surface area (Å²) in [7, 11) is -3.13. The van der Waals surface area contributed by atoms with E-state index in [-0.39, 0.29) is 0 Å². The van der Waals surface area contributed by atoms with E-state index < -0.39 is 7.37 Å². The van der Waals surface area contributed by atoms with E-state index in [1.54, 1.807) is 5.56 Å². The molecule has 2 aliphatic carbocycles. The van der Waals surface area contributed by atoms with Crippen LogP contribution in [-0.2, 0) is 22.1 Å². The molecule has 0 amide bonds. The zero-order valence-electron chi connectivity index (χ0n) is 26.3. The van der Waals surface area contributed by atoms with Gasteiger partial charge < -0.3 is 4.52 Å². The summed E-state index contributed by atoms with van der Waals surface area (Å²) in [5.74, 6) is 1.53. The molecule has 3 heteroatoms. The van der Waals surface area contributed by atoms with Crippen LogP contribution in [0.1, 0.15) is 105 Å². The van der Waals surface area contributed by atoms with Gasteiger partial charge in [-0.3, -0.25) is 4.57 Å². The number of allylic oxidation sites excluding steroid dienone is 1. The van der Waals surface area contributed by atoms with Gasteiger partial charge in [0.15, 0.2) is 0 Å². The Kier molecular flexibility index (Phi) is 12.3. The average molecular weight is 605 g/mol. The van der Waals surface area contributed by atoms with E-state index in [0.29, 0.717) is 12.5 Å². The van der Waals surface area contributed by atoms with E-state index in [2.05, 4.69) is 55.1 Å². The SMILES string of the molecule is C=CCCc1ccc(C2CCCCC2)cc1.O=P(OCc1ccc(C2CCCCC2)cc1)(c1ccccc1)c1ccccc1. The largest absolute Gasteiger partial charge is 0.317 e.